The van der Waals surface area contributed by atoms with Crippen LogP contribution in [-0.2, 0) is 38.0 Å². The van der Waals surface area contributed by atoms with Gasteiger partial charge >= 0.3 is 6.61 Å². The third kappa shape index (κ3) is 9.35. The fraction of sp³-hybridized carbons (Fsp3) is 0.333. The molecule has 14 heteroatoms. The number of hydrogen-bond donors (Lipinski definition) is 4. The number of carbonyl (C=O) groups excluding carboxylic acids is 3. The molecule has 1 fully saturated rings. The summed E-state index contributed by atoms with van der Waals surface area (Å²) in [6.45, 7) is 0.377. The Labute approximate surface area is 256 Å². The van der Waals surface area contributed by atoms with E-state index in [-0.39, 0.29) is 35.8 Å². The highest BCUT2D eigenvalue weighted by Crippen LogP contribution is 2.51. The van der Waals surface area contributed by atoms with Crippen LogP contribution in [0.5, 0.6) is 0 Å². The Kier molecular flexibility index (Phi) is 14.0. The number of benzene rings is 2. The quantitative estimate of drug-likeness (QED) is 0.135. The predicted octanol–water partition coefficient (Wildman–Crippen LogP) is 4.54. The van der Waals surface area contributed by atoms with Crippen LogP contribution in [0.25, 0.3) is 11.1 Å². The van der Waals surface area contributed by atoms with Crippen molar-refractivity contribution in [3.8, 4) is 11.1 Å². The van der Waals surface area contributed by atoms with Crippen molar-refractivity contribution in [1.82, 2.24) is 10.2 Å². The lowest BCUT2D eigenvalue weighted by Crippen LogP contribution is -2.46. The van der Waals surface area contributed by atoms with Gasteiger partial charge in [0.1, 0.15) is 6.04 Å². The smallest absolute Gasteiger partial charge is 0.345 e. The Balaban J connectivity index is 0.000000535. The number of ether oxygens (including phenoxy) is 1. The van der Waals surface area contributed by atoms with Crippen molar-refractivity contribution in [1.29, 1.82) is 5.41 Å². The van der Waals surface area contributed by atoms with Gasteiger partial charge in [0.05, 0.1) is 19.3 Å². The van der Waals surface area contributed by atoms with E-state index in [1.54, 1.807) is 46.6 Å². The lowest BCUT2D eigenvalue weighted by molar-refractivity contribution is -0.138. The molecule has 44 heavy (non-hydrogen) atoms. The molecule has 3 aromatic rings. The maximum absolute atomic E-state index is 14.8. The van der Waals surface area contributed by atoms with Gasteiger partial charge in [-0.25, -0.2) is 0 Å². The normalized spacial score (nSPS) is 15.2. The van der Waals surface area contributed by atoms with Gasteiger partial charge in [-0.05, 0) is 53.5 Å². The van der Waals surface area contributed by atoms with E-state index >= 15 is 0 Å². The summed E-state index contributed by atoms with van der Waals surface area (Å²) < 4.78 is 54.1. The molecule has 1 aliphatic carbocycles. The zero-order chi connectivity index (χ0) is 32.9. The number of aryl methyl sites for hydroxylation is 1. The van der Waals surface area contributed by atoms with E-state index in [9.17, 15) is 27.2 Å². The molecule has 1 unspecified atom stereocenters. The highest BCUT2D eigenvalue weighted by molar-refractivity contribution is 7.10. The van der Waals surface area contributed by atoms with Crippen LogP contribution >= 0.6 is 11.3 Å². The van der Waals surface area contributed by atoms with E-state index in [0.717, 1.165) is 30.3 Å². The molecule has 1 aliphatic heterocycles. The lowest BCUT2D eigenvalue weighted by Gasteiger charge is -2.24. The van der Waals surface area contributed by atoms with E-state index in [0.29, 0.717) is 36.2 Å². The number of rotatable bonds is 6. The molecule has 6 N–H and O–H groups in total. The highest BCUT2D eigenvalue weighted by Gasteiger charge is 2.44. The van der Waals surface area contributed by atoms with Crippen LogP contribution in [0.4, 0.5) is 17.6 Å². The number of likely N-dealkylation sites (tertiary alicyclic amines) is 1. The number of amides is 3. The molecule has 0 spiro atoms. The molecule has 2 aromatic carbocycles. The molecule has 1 atom stereocenters. The van der Waals surface area contributed by atoms with Gasteiger partial charge in [0.25, 0.3) is 5.92 Å². The number of nitrogens with zero attached hydrogens (tertiary/aromatic N) is 1. The van der Waals surface area contributed by atoms with Gasteiger partial charge in [0.2, 0.25) is 18.2 Å². The minimum atomic E-state index is -3.03. The summed E-state index contributed by atoms with van der Waals surface area (Å²) in [5.41, 5.74) is 11.3. The van der Waals surface area contributed by atoms with Gasteiger partial charge in [0, 0.05) is 29.7 Å². The second kappa shape index (κ2) is 17.1. The van der Waals surface area contributed by atoms with E-state index < -0.39 is 18.6 Å². The summed E-state index contributed by atoms with van der Waals surface area (Å²) in [6.07, 6.45) is 2.48. The number of fused-ring (bicyclic) bond motifs is 3. The van der Waals surface area contributed by atoms with Gasteiger partial charge in [-0.15, -0.1) is 11.3 Å². The summed E-state index contributed by atoms with van der Waals surface area (Å²) in [4.78, 5) is 37.1. The first-order chi connectivity index (χ1) is 20.9. The van der Waals surface area contributed by atoms with Crippen molar-refractivity contribution in [2.45, 2.75) is 51.3 Å². The molecule has 1 aromatic heterocycles. The van der Waals surface area contributed by atoms with Crippen LogP contribution in [0.1, 0.15) is 40.0 Å². The molecule has 2 heterocycles. The monoisotopic (exact) mass is 637 g/mol. The molecule has 238 valence electrons. The summed E-state index contributed by atoms with van der Waals surface area (Å²) in [6, 6.07) is 12.8. The number of nitrogens with two attached hydrogens (primary N) is 2. The zero-order valence-electron chi connectivity index (χ0n) is 24.2. The van der Waals surface area contributed by atoms with E-state index in [4.69, 9.17) is 10.2 Å². The fourth-order valence-corrected chi connectivity index (χ4v) is 5.64. The Bertz CT molecular complexity index is 1410. The molecular weight excluding hydrogens is 602 g/mol. The average molecular weight is 638 g/mol. The molecule has 1 saturated heterocycles. The highest BCUT2D eigenvalue weighted by atomic mass is 32.1. The molecule has 0 saturated carbocycles. The van der Waals surface area contributed by atoms with Crippen molar-refractivity contribution < 1.29 is 36.7 Å². The fourth-order valence-electron chi connectivity index (χ4n) is 4.82. The van der Waals surface area contributed by atoms with E-state index in [1.807, 2.05) is 18.4 Å². The molecule has 0 bridgehead atoms. The predicted molar refractivity (Wildman–Crippen MR) is 160 cm³/mol. The van der Waals surface area contributed by atoms with E-state index in [1.165, 1.54) is 12.1 Å². The maximum Gasteiger partial charge on any atom is 0.345 e. The van der Waals surface area contributed by atoms with Crippen LogP contribution in [0.2, 0.25) is 0 Å². The minimum absolute atomic E-state index is 0.000638. The maximum atomic E-state index is 14.8. The van der Waals surface area contributed by atoms with Gasteiger partial charge in [-0.3, -0.25) is 19.8 Å². The number of nitrogens with one attached hydrogen (secondary N) is 2. The number of thiophene rings is 1. The number of halogens is 4. The van der Waals surface area contributed by atoms with Gasteiger partial charge in [-0.1, -0.05) is 42.5 Å². The number of hydrogen-bond acceptors (Lipinski definition) is 6. The average Bonchev–Trinajstić information content (AvgIpc) is 3.71. The van der Waals surface area contributed by atoms with Crippen molar-refractivity contribution in [2.24, 2.45) is 11.5 Å². The van der Waals surface area contributed by atoms with Crippen LogP contribution in [-0.4, -0.2) is 55.8 Å². The largest absolute Gasteiger partial charge is 0.390 e. The zero-order valence-corrected chi connectivity index (χ0v) is 25.0. The van der Waals surface area contributed by atoms with Gasteiger partial charge in [0.15, 0.2) is 0 Å². The first kappa shape index (κ1) is 35.9. The molecule has 0 radical (unpaired) electrons. The number of methoxy groups -OCH3 is 1. The van der Waals surface area contributed by atoms with Crippen molar-refractivity contribution in [3.63, 3.8) is 0 Å². The molecular formula is C30H35F4N5O4S. The molecule has 3 amide bonds. The third-order valence-corrected chi connectivity index (χ3v) is 7.66. The van der Waals surface area contributed by atoms with Crippen molar-refractivity contribution >= 4 is 35.9 Å². The van der Waals surface area contributed by atoms with Crippen LogP contribution < -0.4 is 16.8 Å². The first-order valence-corrected chi connectivity index (χ1v) is 14.2. The summed E-state index contributed by atoms with van der Waals surface area (Å²) >= 11 is 1.60. The standard InChI is InChI=1S/C26H24F2N2O2S.C2H4F2O.CH4N2.CH3NO/c1-16-11-18(33-15-16)14-29-25(32)23-7-4-10-30(23)24(31)13-17-8-9-22-20(12-17)19-5-2-3-6-21(19)26(22,27)28;1-5-2(3)4;2*2-1-3/h2-3,5-6,8-9,11-12,15,23H,4,7,10,13-14H2,1H3,(H,29,32);2H,1H3;1H,(H3,2,3);1H,(H2,2,3). The molecule has 9 nitrogen and oxygen atoms in total. The number of alkyl halides is 4. The Hall–Kier alpha value is -4.30. The third-order valence-electron chi connectivity index (χ3n) is 6.61. The Morgan fingerprint density at radius 2 is 1.77 bits per heavy atom. The van der Waals surface area contributed by atoms with Crippen LogP contribution in [0, 0.1) is 12.3 Å². The van der Waals surface area contributed by atoms with Gasteiger partial charge < -0.3 is 26.4 Å². The topological polar surface area (TPSA) is 152 Å². The summed E-state index contributed by atoms with van der Waals surface area (Å²) in [5.74, 6) is -3.33. The second-order valence-corrected chi connectivity index (χ2v) is 10.5. The minimum Gasteiger partial charge on any atom is -0.390 e. The molecule has 2 aliphatic rings. The number of primary amides is 1. The van der Waals surface area contributed by atoms with Crippen molar-refractivity contribution in [2.75, 3.05) is 13.7 Å². The van der Waals surface area contributed by atoms with Crippen LogP contribution in [0.15, 0.2) is 53.9 Å². The van der Waals surface area contributed by atoms with E-state index in [2.05, 4.69) is 21.5 Å². The molecule has 5 rings (SSSR count). The van der Waals surface area contributed by atoms with Crippen LogP contribution in [0.3, 0.4) is 0 Å². The summed E-state index contributed by atoms with van der Waals surface area (Å²) in [7, 11) is 0.949. The Morgan fingerprint density at radius 3 is 2.36 bits per heavy atom. The first-order valence-electron chi connectivity index (χ1n) is 13.3. The number of carbonyl (C=O) groups is 3. The summed E-state index contributed by atoms with van der Waals surface area (Å²) in [5, 5.41) is 10.9. The SMILES string of the molecule is COC(F)F.Cc1csc(CNC(=O)C2CCCN2C(=O)Cc2ccc3c(c2)-c2ccccc2C3(F)F)c1.N=CN.NC=O. The second-order valence-electron chi connectivity index (χ2n) is 9.53. The Morgan fingerprint density at radius 1 is 1.16 bits per heavy atom. The van der Waals surface area contributed by atoms with Gasteiger partial charge in [-0.2, -0.15) is 17.6 Å². The van der Waals surface area contributed by atoms with Crippen molar-refractivity contribution in [3.05, 3.63) is 81.0 Å². The lowest BCUT2D eigenvalue weighted by atomic mass is 10.0.